The molecule has 1 atom stereocenters. The molecule has 0 radical (unpaired) electrons. The summed E-state index contributed by atoms with van der Waals surface area (Å²) in [6.07, 6.45) is -0.484. The Bertz CT molecular complexity index is 2760. The van der Waals surface area contributed by atoms with Gasteiger partial charge in [-0.25, -0.2) is 18.9 Å². The van der Waals surface area contributed by atoms with E-state index in [1.807, 2.05) is 60.7 Å². The van der Waals surface area contributed by atoms with Crippen molar-refractivity contribution in [3.05, 3.63) is 122 Å². The minimum Gasteiger partial charge on any atom is -0.481 e. The number of anilines is 2. The van der Waals surface area contributed by atoms with Gasteiger partial charge >= 0.3 is 37.8 Å². The first kappa shape index (κ1) is 50.6. The molecule has 3 aromatic carbocycles. The van der Waals surface area contributed by atoms with Crippen molar-refractivity contribution >= 4 is 91.3 Å². The minimum absolute atomic E-state index is 0.0492. The van der Waals surface area contributed by atoms with Crippen LogP contribution in [-0.4, -0.2) is 90.2 Å². The third kappa shape index (κ3) is 12.3. The fourth-order valence-corrected chi connectivity index (χ4v) is 15.7. The van der Waals surface area contributed by atoms with Crippen LogP contribution in [0.5, 0.6) is 5.75 Å². The van der Waals surface area contributed by atoms with Crippen molar-refractivity contribution in [2.24, 2.45) is 0 Å². The zero-order valence-electron chi connectivity index (χ0n) is 37.7. The van der Waals surface area contributed by atoms with E-state index in [0.29, 0.717) is 19.3 Å². The Labute approximate surface area is 405 Å². The topological polar surface area (TPSA) is 259 Å². The van der Waals surface area contributed by atoms with Gasteiger partial charge in [-0.2, -0.15) is 4.98 Å². The molecular weight excluding hydrogens is 972 g/mol. The summed E-state index contributed by atoms with van der Waals surface area (Å²) in [5.74, 6) is -4.39. The quantitative estimate of drug-likeness (QED) is 0.0293. The molecule has 19 nitrogen and oxygen atoms in total. The van der Waals surface area contributed by atoms with Crippen LogP contribution in [0.4, 0.5) is 16.6 Å². The minimum atomic E-state index is -4.16. The summed E-state index contributed by atoms with van der Waals surface area (Å²) in [7, 11) is -7.25. The second kappa shape index (κ2) is 22.0. The summed E-state index contributed by atoms with van der Waals surface area (Å²) in [6.45, 7) is 5.22. The second-order valence-electron chi connectivity index (χ2n) is 16.8. The van der Waals surface area contributed by atoms with Crippen LogP contribution in [0.25, 0.3) is 0 Å². The van der Waals surface area contributed by atoms with Crippen molar-refractivity contribution in [3.8, 4) is 5.75 Å². The Morgan fingerprint density at radius 1 is 0.913 bits per heavy atom. The molecule has 0 aliphatic carbocycles. The van der Waals surface area contributed by atoms with Crippen molar-refractivity contribution in [3.63, 3.8) is 0 Å². The number of carbonyl (C=O) groups excluding carboxylic acids is 3. The number of nitrogens with one attached hydrogen (secondary N) is 2. The van der Waals surface area contributed by atoms with Crippen molar-refractivity contribution in [1.29, 1.82) is 0 Å². The summed E-state index contributed by atoms with van der Waals surface area (Å²) in [5, 5.41) is 19.6. The summed E-state index contributed by atoms with van der Waals surface area (Å²) >= 11 is 2.41. The van der Waals surface area contributed by atoms with Crippen LogP contribution in [0.3, 0.4) is 0 Å². The van der Waals surface area contributed by atoms with Gasteiger partial charge in [0.25, 0.3) is 5.56 Å². The van der Waals surface area contributed by atoms with Crippen LogP contribution in [-0.2, 0) is 50.4 Å². The number of carbonyl (C=O) groups is 5. The van der Waals surface area contributed by atoms with Crippen LogP contribution in [0, 0.1) is 0 Å². The van der Waals surface area contributed by atoms with E-state index < -0.39 is 82.9 Å². The Morgan fingerprint density at radius 3 is 2.22 bits per heavy atom. The van der Waals surface area contributed by atoms with Gasteiger partial charge in [-0.3, -0.25) is 33.3 Å². The molecule has 4 N–H and O–H groups in total. The van der Waals surface area contributed by atoms with Crippen LogP contribution in [0.1, 0.15) is 76.9 Å². The number of amides is 1. The van der Waals surface area contributed by atoms with E-state index in [-0.39, 0.29) is 63.4 Å². The number of aryl methyl sites for hydroxylation is 1. The van der Waals surface area contributed by atoms with Crippen molar-refractivity contribution in [2.75, 3.05) is 36.4 Å². The fraction of sp³-hybridized carbons (Fsp3) is 0.326. The summed E-state index contributed by atoms with van der Waals surface area (Å²) in [6, 6.07) is 27.1. The van der Waals surface area contributed by atoms with E-state index in [1.165, 1.54) is 40.9 Å². The lowest BCUT2D eigenvalue weighted by Gasteiger charge is -2.44. The lowest BCUT2D eigenvalue weighted by molar-refractivity contribution is -0.154. The van der Waals surface area contributed by atoms with Gasteiger partial charge in [-0.1, -0.05) is 87.5 Å². The molecule has 0 bridgehead atoms. The molecule has 0 spiro atoms. The van der Waals surface area contributed by atoms with Crippen LogP contribution in [0.2, 0.25) is 5.04 Å². The van der Waals surface area contributed by atoms with Gasteiger partial charge in [0, 0.05) is 16.7 Å². The third-order valence-electron chi connectivity index (χ3n) is 11.0. The van der Waals surface area contributed by atoms with E-state index in [1.54, 1.807) is 6.07 Å². The zero-order valence-corrected chi connectivity index (χ0v) is 41.2. The molecule has 23 heteroatoms. The lowest BCUT2D eigenvalue weighted by Crippen LogP contribution is -2.70. The Kier molecular flexibility index (Phi) is 16.1. The highest BCUT2D eigenvalue weighted by atomic mass is 32.2. The van der Waals surface area contributed by atoms with Gasteiger partial charge in [0.15, 0.2) is 11.8 Å². The molecule has 1 amide bonds. The summed E-state index contributed by atoms with van der Waals surface area (Å²) in [5.41, 5.74) is -0.592. The van der Waals surface area contributed by atoms with E-state index >= 15 is 0 Å². The molecule has 1 saturated heterocycles. The average molecular weight is 1020 g/mol. The Hall–Kier alpha value is -6.29. The Morgan fingerprint density at radius 2 is 1.59 bits per heavy atom. The molecule has 2 aliphatic rings. The second-order valence-corrected chi connectivity index (χ2v) is 25.3. The standard InChI is InChI=1S/C46H49N4O15PS2Si/c1-46(2,3)69(32-11-6-4-7-12-32,33-13-8-5-9-14-33)49-44-47-40-39(41(54)48-44)68-31(17-16-30-18-20-36(67-30)42(55)56)26-50(40)45(58)60-27-29-15-19-35(65-66(59)63-23-10-24-64-66)34(25-29)43(57)62-28-61-38(53)22-21-37(51)52/h4-9,11-15,18-20,25,31H,10,16-17,21-24,26-28H2,1-3H3,(H,51,52)(H,55,56)(H2,47,48,49,54). The van der Waals surface area contributed by atoms with Gasteiger partial charge in [0.05, 0.1) is 26.1 Å². The molecule has 4 heterocycles. The molecular formula is C46H49N4O15PS2Si. The number of ether oxygens (including phenoxy) is 3. The number of thioether (sulfide) groups is 1. The number of hydrogen-bond acceptors (Lipinski definition) is 17. The average Bonchev–Trinajstić information content (AvgIpc) is 3.81. The number of nitrogens with zero attached hydrogens (tertiary/aromatic N) is 2. The number of benzene rings is 3. The predicted molar refractivity (Wildman–Crippen MR) is 257 cm³/mol. The number of fused-ring (bicyclic) bond motifs is 1. The van der Waals surface area contributed by atoms with Crippen molar-refractivity contribution in [2.45, 2.75) is 74.7 Å². The molecule has 2 aromatic heterocycles. The van der Waals surface area contributed by atoms with Crippen LogP contribution >= 0.6 is 30.9 Å². The van der Waals surface area contributed by atoms with Crippen molar-refractivity contribution in [1.82, 2.24) is 9.97 Å². The van der Waals surface area contributed by atoms with Gasteiger partial charge < -0.3 is 33.9 Å². The molecule has 1 fully saturated rings. The van der Waals surface area contributed by atoms with Gasteiger partial charge in [-0.05, 0) is 64.5 Å². The number of aromatic carboxylic acids is 1. The smallest absolute Gasteiger partial charge is 0.481 e. The number of carboxylic acid groups (broad SMARTS) is 2. The maximum absolute atomic E-state index is 14.4. The number of phosphoric acid groups is 1. The molecule has 364 valence electrons. The van der Waals surface area contributed by atoms with E-state index in [0.717, 1.165) is 26.6 Å². The number of esters is 2. The van der Waals surface area contributed by atoms with Crippen molar-refractivity contribution < 1.29 is 66.5 Å². The van der Waals surface area contributed by atoms with E-state index in [9.17, 15) is 38.4 Å². The highest BCUT2D eigenvalue weighted by Gasteiger charge is 2.49. The first-order valence-electron chi connectivity index (χ1n) is 21.7. The fourth-order valence-electron chi connectivity index (χ4n) is 7.71. The van der Waals surface area contributed by atoms with Crippen LogP contribution < -0.4 is 30.3 Å². The zero-order chi connectivity index (χ0) is 49.3. The number of aromatic amines is 1. The number of aromatic nitrogens is 2. The Balaban J connectivity index is 1.19. The van der Waals surface area contributed by atoms with Crippen LogP contribution in [0.15, 0.2) is 101 Å². The number of phosphoric ester groups is 1. The van der Waals surface area contributed by atoms with E-state index in [4.69, 9.17) is 37.9 Å². The number of rotatable bonds is 18. The third-order valence-corrected chi connectivity index (χ3v) is 20.1. The first-order chi connectivity index (χ1) is 32.9. The number of carboxylic acids is 2. The number of aliphatic carboxylic acids is 1. The molecule has 69 heavy (non-hydrogen) atoms. The summed E-state index contributed by atoms with van der Waals surface area (Å²) < 4.78 is 45.1. The SMILES string of the molecule is CC(C)(C)[Si](Nc1nc2c(c(=O)[nH]1)SC(CCc1ccc(C(=O)O)s1)CN2C(=O)OCc1ccc(OP2(=O)OCCCO2)c(C(=O)OCOC(=O)CCC(=O)O)c1)(c1ccccc1)c1ccccc1. The maximum atomic E-state index is 14.4. The summed E-state index contributed by atoms with van der Waals surface area (Å²) in [4.78, 5) is 90.6. The van der Waals surface area contributed by atoms with E-state index in [2.05, 4.69) is 30.7 Å². The lowest BCUT2D eigenvalue weighted by atomic mass is 10.1. The van der Waals surface area contributed by atoms with Gasteiger partial charge in [0.2, 0.25) is 15.0 Å². The molecule has 2 aliphatic heterocycles. The highest BCUT2D eigenvalue weighted by Crippen LogP contribution is 2.52. The monoisotopic (exact) mass is 1020 g/mol. The highest BCUT2D eigenvalue weighted by molar-refractivity contribution is 8.00. The molecule has 1 unspecified atom stereocenters. The molecule has 0 saturated carbocycles. The molecule has 5 aromatic rings. The van der Waals surface area contributed by atoms with Gasteiger partial charge in [0.1, 0.15) is 27.7 Å². The first-order valence-corrected chi connectivity index (χ1v) is 26.8. The normalized spacial score (nSPS) is 15.6. The maximum Gasteiger partial charge on any atom is 0.530 e. The largest absolute Gasteiger partial charge is 0.530 e. The predicted octanol–water partition coefficient (Wildman–Crippen LogP) is 7.20. The van der Waals surface area contributed by atoms with Gasteiger partial charge in [-0.15, -0.1) is 23.1 Å². The number of thiophene rings is 1. The number of H-pyrrole nitrogens is 1. The molecule has 7 rings (SSSR count). The number of hydrogen-bond donors (Lipinski definition) is 4.